The van der Waals surface area contributed by atoms with Gasteiger partial charge in [-0.15, -0.1) is 0 Å². The van der Waals surface area contributed by atoms with E-state index in [4.69, 9.17) is 4.42 Å². The molecule has 2 rings (SSSR count). The summed E-state index contributed by atoms with van der Waals surface area (Å²) in [7, 11) is 0. The molecule has 0 aliphatic carbocycles. The highest BCUT2D eigenvalue weighted by Gasteiger charge is 2.36. The Kier molecular flexibility index (Phi) is 4.82. The topological polar surface area (TPSA) is 62.6 Å². The van der Waals surface area contributed by atoms with E-state index >= 15 is 0 Å². The van der Waals surface area contributed by atoms with E-state index in [1.165, 1.54) is 0 Å². The summed E-state index contributed by atoms with van der Waals surface area (Å²) in [5.74, 6) is 1.52. The van der Waals surface area contributed by atoms with Crippen molar-refractivity contribution in [1.82, 2.24) is 10.2 Å². The van der Waals surface area contributed by atoms with Gasteiger partial charge in [0.15, 0.2) is 0 Å². The SMILES string of the molecule is CCCCNC(=O)[C@@H]1CCC(=O)N1Cc1ccc(C)o1. The third-order valence-electron chi connectivity index (χ3n) is 3.58. The fourth-order valence-electron chi connectivity index (χ4n) is 2.45. The van der Waals surface area contributed by atoms with Crippen LogP contribution in [0.25, 0.3) is 0 Å². The van der Waals surface area contributed by atoms with Crippen LogP contribution in [0.4, 0.5) is 0 Å². The summed E-state index contributed by atoms with van der Waals surface area (Å²) in [6.45, 7) is 4.99. The molecule has 2 heterocycles. The fourth-order valence-corrected chi connectivity index (χ4v) is 2.45. The molecule has 110 valence electrons. The molecule has 0 spiro atoms. The van der Waals surface area contributed by atoms with E-state index in [2.05, 4.69) is 12.2 Å². The lowest BCUT2D eigenvalue weighted by Crippen LogP contribution is -2.44. The number of amides is 2. The Balaban J connectivity index is 1.97. The molecule has 0 aromatic carbocycles. The molecule has 0 bridgehead atoms. The van der Waals surface area contributed by atoms with Crippen molar-refractivity contribution >= 4 is 11.8 Å². The minimum absolute atomic E-state index is 0.0229. The third kappa shape index (κ3) is 3.40. The highest BCUT2D eigenvalue weighted by Crippen LogP contribution is 2.22. The Labute approximate surface area is 119 Å². The largest absolute Gasteiger partial charge is 0.464 e. The standard InChI is InChI=1S/C15H22N2O3/c1-3-4-9-16-15(19)13-7-8-14(18)17(13)10-12-6-5-11(2)20-12/h5-6,13H,3-4,7-10H2,1-2H3,(H,16,19)/t13-/m0/s1. The van der Waals surface area contributed by atoms with Gasteiger partial charge >= 0.3 is 0 Å². The van der Waals surface area contributed by atoms with E-state index in [0.29, 0.717) is 25.9 Å². The molecule has 1 aromatic rings. The van der Waals surface area contributed by atoms with Crippen molar-refractivity contribution < 1.29 is 14.0 Å². The third-order valence-corrected chi connectivity index (χ3v) is 3.58. The second-order valence-corrected chi connectivity index (χ2v) is 5.23. The van der Waals surface area contributed by atoms with E-state index < -0.39 is 0 Å². The fraction of sp³-hybridized carbons (Fsp3) is 0.600. The number of rotatable bonds is 6. The lowest BCUT2D eigenvalue weighted by atomic mass is 10.2. The second kappa shape index (κ2) is 6.59. The van der Waals surface area contributed by atoms with Gasteiger partial charge in [-0.05, 0) is 31.9 Å². The monoisotopic (exact) mass is 278 g/mol. The Hall–Kier alpha value is -1.78. The molecule has 5 heteroatoms. The molecule has 1 saturated heterocycles. The molecule has 0 radical (unpaired) electrons. The minimum atomic E-state index is -0.357. The van der Waals surface area contributed by atoms with Gasteiger partial charge in [-0.1, -0.05) is 13.3 Å². The maximum absolute atomic E-state index is 12.1. The van der Waals surface area contributed by atoms with Crippen LogP contribution in [0.3, 0.4) is 0 Å². The number of nitrogens with one attached hydrogen (secondary N) is 1. The lowest BCUT2D eigenvalue weighted by molar-refractivity contribution is -0.136. The molecular weight excluding hydrogens is 256 g/mol. The number of carbonyl (C=O) groups is 2. The summed E-state index contributed by atoms with van der Waals surface area (Å²) in [6, 6.07) is 3.36. The molecule has 0 unspecified atom stereocenters. The van der Waals surface area contributed by atoms with Crippen molar-refractivity contribution in [3.8, 4) is 0 Å². The first-order valence-corrected chi connectivity index (χ1v) is 7.24. The normalized spacial score (nSPS) is 18.6. The molecule has 20 heavy (non-hydrogen) atoms. The Bertz CT molecular complexity index is 481. The van der Waals surface area contributed by atoms with E-state index in [0.717, 1.165) is 24.4 Å². The van der Waals surface area contributed by atoms with Crippen LogP contribution in [-0.2, 0) is 16.1 Å². The first kappa shape index (κ1) is 14.6. The number of unbranched alkanes of at least 4 members (excludes halogenated alkanes) is 1. The van der Waals surface area contributed by atoms with E-state index in [-0.39, 0.29) is 17.9 Å². The molecule has 1 aromatic heterocycles. The van der Waals surface area contributed by atoms with Gasteiger partial charge in [0.05, 0.1) is 6.54 Å². The number of carbonyl (C=O) groups excluding carboxylic acids is 2. The van der Waals surface area contributed by atoms with Crippen LogP contribution in [0.15, 0.2) is 16.5 Å². The van der Waals surface area contributed by atoms with Crippen LogP contribution in [0.2, 0.25) is 0 Å². The highest BCUT2D eigenvalue weighted by atomic mass is 16.3. The molecule has 1 N–H and O–H groups in total. The maximum atomic E-state index is 12.1. The van der Waals surface area contributed by atoms with Crippen LogP contribution in [-0.4, -0.2) is 29.3 Å². The number of furan rings is 1. The first-order chi connectivity index (χ1) is 9.61. The number of nitrogens with zero attached hydrogens (tertiary/aromatic N) is 1. The first-order valence-electron chi connectivity index (χ1n) is 7.24. The second-order valence-electron chi connectivity index (χ2n) is 5.23. The van der Waals surface area contributed by atoms with E-state index in [1.807, 2.05) is 19.1 Å². The van der Waals surface area contributed by atoms with Gasteiger partial charge in [-0.25, -0.2) is 0 Å². The van der Waals surface area contributed by atoms with Crippen molar-refractivity contribution in [2.24, 2.45) is 0 Å². The minimum Gasteiger partial charge on any atom is -0.464 e. The van der Waals surface area contributed by atoms with Gasteiger partial charge in [0.25, 0.3) is 0 Å². The van der Waals surface area contributed by atoms with Gasteiger partial charge in [0.2, 0.25) is 11.8 Å². The number of hydrogen-bond donors (Lipinski definition) is 1. The predicted octanol–water partition coefficient (Wildman–Crippen LogP) is 2.00. The maximum Gasteiger partial charge on any atom is 0.242 e. The average molecular weight is 278 g/mol. The van der Waals surface area contributed by atoms with E-state index in [9.17, 15) is 9.59 Å². The molecule has 1 aliphatic rings. The smallest absolute Gasteiger partial charge is 0.242 e. The zero-order chi connectivity index (χ0) is 14.5. The van der Waals surface area contributed by atoms with E-state index in [1.54, 1.807) is 4.90 Å². The van der Waals surface area contributed by atoms with Gasteiger partial charge in [0, 0.05) is 13.0 Å². The molecular formula is C15H22N2O3. The van der Waals surface area contributed by atoms with Crippen molar-refractivity contribution in [2.75, 3.05) is 6.54 Å². The summed E-state index contributed by atoms with van der Waals surface area (Å²) >= 11 is 0. The van der Waals surface area contributed by atoms with Gasteiger partial charge in [0.1, 0.15) is 17.6 Å². The highest BCUT2D eigenvalue weighted by molar-refractivity contribution is 5.90. The summed E-state index contributed by atoms with van der Waals surface area (Å²) in [4.78, 5) is 25.7. The van der Waals surface area contributed by atoms with Gasteiger partial charge in [-0.2, -0.15) is 0 Å². The van der Waals surface area contributed by atoms with Crippen molar-refractivity contribution in [2.45, 2.75) is 52.1 Å². The summed E-state index contributed by atoms with van der Waals surface area (Å²) < 4.78 is 5.49. The quantitative estimate of drug-likeness (QED) is 0.809. The molecule has 5 nitrogen and oxygen atoms in total. The lowest BCUT2D eigenvalue weighted by Gasteiger charge is -2.23. The van der Waals surface area contributed by atoms with Crippen molar-refractivity contribution in [3.05, 3.63) is 23.7 Å². The zero-order valence-corrected chi connectivity index (χ0v) is 12.1. The predicted molar refractivity (Wildman–Crippen MR) is 74.9 cm³/mol. The Morgan fingerprint density at radius 3 is 2.95 bits per heavy atom. The number of hydrogen-bond acceptors (Lipinski definition) is 3. The van der Waals surface area contributed by atoms with Crippen LogP contribution in [0, 0.1) is 6.92 Å². The van der Waals surface area contributed by atoms with Crippen LogP contribution in [0.5, 0.6) is 0 Å². The van der Waals surface area contributed by atoms with Gasteiger partial charge in [-0.3, -0.25) is 9.59 Å². The molecule has 1 aliphatic heterocycles. The molecule has 2 amide bonds. The van der Waals surface area contributed by atoms with Crippen LogP contribution in [0.1, 0.15) is 44.1 Å². The summed E-state index contributed by atoms with van der Waals surface area (Å²) in [5.41, 5.74) is 0. The summed E-state index contributed by atoms with van der Waals surface area (Å²) in [6.07, 6.45) is 3.03. The summed E-state index contributed by atoms with van der Waals surface area (Å²) in [5, 5.41) is 2.90. The molecule has 1 fully saturated rings. The van der Waals surface area contributed by atoms with Crippen molar-refractivity contribution in [1.29, 1.82) is 0 Å². The Morgan fingerprint density at radius 1 is 1.50 bits per heavy atom. The zero-order valence-electron chi connectivity index (χ0n) is 12.1. The number of aryl methyl sites for hydroxylation is 1. The number of likely N-dealkylation sites (tertiary alicyclic amines) is 1. The van der Waals surface area contributed by atoms with Crippen molar-refractivity contribution in [3.63, 3.8) is 0 Å². The van der Waals surface area contributed by atoms with Crippen LogP contribution >= 0.6 is 0 Å². The average Bonchev–Trinajstić information content (AvgIpc) is 2.98. The molecule has 0 saturated carbocycles. The Morgan fingerprint density at radius 2 is 2.30 bits per heavy atom. The van der Waals surface area contributed by atoms with Gasteiger partial charge < -0.3 is 14.6 Å². The van der Waals surface area contributed by atoms with Crippen LogP contribution < -0.4 is 5.32 Å². The molecule has 1 atom stereocenters.